The Morgan fingerprint density at radius 3 is 2.95 bits per heavy atom. The molecular formula is C14H25N3O2. The van der Waals surface area contributed by atoms with Gasteiger partial charge < -0.3 is 16.0 Å². The topological polar surface area (TPSA) is 75.4 Å². The molecule has 0 bridgehead atoms. The lowest BCUT2D eigenvalue weighted by Gasteiger charge is -2.32. The van der Waals surface area contributed by atoms with Crippen molar-refractivity contribution in [1.82, 2.24) is 10.2 Å². The van der Waals surface area contributed by atoms with Crippen molar-refractivity contribution < 1.29 is 9.59 Å². The molecule has 19 heavy (non-hydrogen) atoms. The zero-order valence-corrected chi connectivity index (χ0v) is 11.6. The van der Waals surface area contributed by atoms with E-state index in [2.05, 4.69) is 11.9 Å². The molecule has 0 aromatic carbocycles. The Kier molecular flexibility index (Phi) is 7.18. The molecule has 0 radical (unpaired) electrons. The predicted octanol–water partition coefficient (Wildman–Crippen LogP) is 0.656. The number of rotatable bonds is 7. The fraction of sp³-hybridized carbons (Fsp3) is 0.714. The average Bonchev–Trinajstić information content (AvgIpc) is 2.45. The van der Waals surface area contributed by atoms with Crippen molar-refractivity contribution in [3.63, 3.8) is 0 Å². The number of unbranched alkanes of at least 4 members (excludes halogenated alkanes) is 1. The van der Waals surface area contributed by atoms with Crippen LogP contribution in [0.15, 0.2) is 12.7 Å². The van der Waals surface area contributed by atoms with Crippen LogP contribution in [0.1, 0.15) is 32.1 Å². The quantitative estimate of drug-likeness (QED) is 0.525. The first-order chi connectivity index (χ1) is 9.19. The van der Waals surface area contributed by atoms with E-state index >= 15 is 0 Å². The van der Waals surface area contributed by atoms with Crippen molar-refractivity contribution in [3.8, 4) is 0 Å². The molecular weight excluding hydrogens is 242 g/mol. The summed E-state index contributed by atoms with van der Waals surface area (Å²) in [6.45, 7) is 5.91. The van der Waals surface area contributed by atoms with E-state index in [1.54, 1.807) is 0 Å². The van der Waals surface area contributed by atoms with Crippen LogP contribution in [0.4, 0.5) is 0 Å². The molecule has 0 aromatic heterocycles. The van der Waals surface area contributed by atoms with Gasteiger partial charge in [-0.25, -0.2) is 0 Å². The highest BCUT2D eigenvalue weighted by Gasteiger charge is 2.27. The van der Waals surface area contributed by atoms with Crippen molar-refractivity contribution in [2.75, 3.05) is 26.2 Å². The summed E-state index contributed by atoms with van der Waals surface area (Å²) in [5, 5.41) is 2.80. The zero-order valence-electron chi connectivity index (χ0n) is 11.6. The van der Waals surface area contributed by atoms with Gasteiger partial charge in [0.15, 0.2) is 0 Å². The number of nitrogens with zero attached hydrogens (tertiary/aromatic N) is 1. The largest absolute Gasteiger partial charge is 0.355 e. The van der Waals surface area contributed by atoms with E-state index in [9.17, 15) is 9.59 Å². The Bertz CT molecular complexity index is 318. The van der Waals surface area contributed by atoms with Crippen LogP contribution < -0.4 is 11.1 Å². The minimum atomic E-state index is -0.0799. The number of nitrogens with one attached hydrogen (secondary N) is 1. The zero-order chi connectivity index (χ0) is 14.1. The van der Waals surface area contributed by atoms with Gasteiger partial charge in [-0.1, -0.05) is 6.08 Å². The number of likely N-dealkylation sites (tertiary alicyclic amines) is 1. The molecule has 5 nitrogen and oxygen atoms in total. The van der Waals surface area contributed by atoms with Crippen LogP contribution in [0.2, 0.25) is 0 Å². The van der Waals surface area contributed by atoms with Gasteiger partial charge in [-0.15, -0.1) is 6.58 Å². The second kappa shape index (κ2) is 8.69. The number of amides is 2. The number of carbonyl (C=O) groups excluding carboxylic acids is 2. The van der Waals surface area contributed by atoms with Crippen molar-refractivity contribution in [3.05, 3.63) is 12.7 Å². The Morgan fingerprint density at radius 2 is 2.26 bits per heavy atom. The summed E-state index contributed by atoms with van der Waals surface area (Å²) in [6, 6.07) is 0. The standard InChI is InChI=1S/C14H25N3O2/c1-2-3-4-7-13(18)17-10-5-6-12(11-17)14(19)16-9-8-15/h2,12H,1,3-11,15H2,(H,16,19). The van der Waals surface area contributed by atoms with Crippen LogP contribution in [-0.4, -0.2) is 42.9 Å². The maximum Gasteiger partial charge on any atom is 0.224 e. The molecule has 1 aliphatic heterocycles. The van der Waals surface area contributed by atoms with Crippen LogP contribution in [-0.2, 0) is 9.59 Å². The summed E-state index contributed by atoms with van der Waals surface area (Å²) < 4.78 is 0. The molecule has 0 saturated carbocycles. The molecule has 1 rings (SSSR count). The van der Waals surface area contributed by atoms with Crippen molar-refractivity contribution in [2.45, 2.75) is 32.1 Å². The number of hydrogen-bond donors (Lipinski definition) is 2. The lowest BCUT2D eigenvalue weighted by Crippen LogP contribution is -2.46. The SMILES string of the molecule is C=CCCCC(=O)N1CCCC(C(=O)NCCN)C1. The van der Waals surface area contributed by atoms with Gasteiger partial charge in [0.1, 0.15) is 0 Å². The van der Waals surface area contributed by atoms with Gasteiger partial charge >= 0.3 is 0 Å². The summed E-state index contributed by atoms with van der Waals surface area (Å²) >= 11 is 0. The Morgan fingerprint density at radius 1 is 1.47 bits per heavy atom. The minimum absolute atomic E-state index is 0.0223. The molecule has 108 valence electrons. The van der Waals surface area contributed by atoms with E-state index in [1.165, 1.54) is 0 Å². The van der Waals surface area contributed by atoms with Gasteiger partial charge in [0, 0.05) is 32.6 Å². The van der Waals surface area contributed by atoms with E-state index in [0.29, 0.717) is 26.1 Å². The van der Waals surface area contributed by atoms with Crippen LogP contribution in [0.3, 0.4) is 0 Å². The summed E-state index contributed by atoms with van der Waals surface area (Å²) in [5.41, 5.74) is 5.36. The maximum absolute atomic E-state index is 12.0. The van der Waals surface area contributed by atoms with Crippen LogP contribution in [0.5, 0.6) is 0 Å². The summed E-state index contributed by atoms with van der Waals surface area (Å²) in [5.74, 6) is 0.0934. The lowest BCUT2D eigenvalue weighted by molar-refractivity contribution is -0.135. The molecule has 1 aliphatic rings. The molecule has 2 amide bonds. The van der Waals surface area contributed by atoms with Gasteiger partial charge in [-0.05, 0) is 25.7 Å². The van der Waals surface area contributed by atoms with Gasteiger partial charge in [0.05, 0.1) is 5.92 Å². The first-order valence-electron chi connectivity index (χ1n) is 7.05. The second-order valence-corrected chi connectivity index (χ2v) is 4.94. The van der Waals surface area contributed by atoms with Gasteiger partial charge in [-0.3, -0.25) is 9.59 Å². The highest BCUT2D eigenvalue weighted by Crippen LogP contribution is 2.18. The maximum atomic E-state index is 12.0. The molecule has 0 aliphatic carbocycles. The van der Waals surface area contributed by atoms with Crippen molar-refractivity contribution in [1.29, 1.82) is 0 Å². The van der Waals surface area contributed by atoms with E-state index in [-0.39, 0.29) is 17.7 Å². The monoisotopic (exact) mass is 267 g/mol. The fourth-order valence-electron chi connectivity index (χ4n) is 2.31. The second-order valence-electron chi connectivity index (χ2n) is 4.94. The van der Waals surface area contributed by atoms with Crippen LogP contribution in [0, 0.1) is 5.92 Å². The molecule has 0 aromatic rings. The predicted molar refractivity (Wildman–Crippen MR) is 75.4 cm³/mol. The number of piperidine rings is 1. The molecule has 1 heterocycles. The Labute approximate surface area is 115 Å². The first-order valence-corrected chi connectivity index (χ1v) is 7.05. The highest BCUT2D eigenvalue weighted by atomic mass is 16.2. The Balaban J connectivity index is 2.38. The lowest BCUT2D eigenvalue weighted by atomic mass is 9.96. The summed E-state index contributed by atoms with van der Waals surface area (Å²) in [4.78, 5) is 25.7. The van der Waals surface area contributed by atoms with E-state index in [0.717, 1.165) is 32.2 Å². The molecule has 1 unspecified atom stereocenters. The third kappa shape index (κ3) is 5.42. The van der Waals surface area contributed by atoms with E-state index < -0.39 is 0 Å². The van der Waals surface area contributed by atoms with E-state index in [4.69, 9.17) is 5.73 Å². The molecule has 1 fully saturated rings. The third-order valence-corrected chi connectivity index (χ3v) is 3.39. The number of nitrogens with two attached hydrogens (primary N) is 1. The van der Waals surface area contributed by atoms with Gasteiger partial charge in [-0.2, -0.15) is 0 Å². The van der Waals surface area contributed by atoms with Crippen LogP contribution >= 0.6 is 0 Å². The normalized spacial score (nSPS) is 19.0. The molecule has 1 saturated heterocycles. The van der Waals surface area contributed by atoms with Crippen molar-refractivity contribution >= 4 is 11.8 Å². The number of allylic oxidation sites excluding steroid dienone is 1. The first kappa shape index (κ1) is 15.7. The third-order valence-electron chi connectivity index (χ3n) is 3.39. The van der Waals surface area contributed by atoms with E-state index in [1.807, 2.05) is 11.0 Å². The average molecular weight is 267 g/mol. The number of hydrogen-bond acceptors (Lipinski definition) is 3. The molecule has 1 atom stereocenters. The van der Waals surface area contributed by atoms with Gasteiger partial charge in [0.2, 0.25) is 11.8 Å². The summed E-state index contributed by atoms with van der Waals surface area (Å²) in [6.07, 6.45) is 5.82. The minimum Gasteiger partial charge on any atom is -0.355 e. The molecule has 0 spiro atoms. The highest BCUT2D eigenvalue weighted by molar-refractivity contribution is 5.81. The van der Waals surface area contributed by atoms with Gasteiger partial charge in [0.25, 0.3) is 0 Å². The molecule has 3 N–H and O–H groups in total. The smallest absolute Gasteiger partial charge is 0.224 e. The fourth-order valence-corrected chi connectivity index (χ4v) is 2.31. The molecule has 5 heteroatoms. The summed E-state index contributed by atoms with van der Waals surface area (Å²) in [7, 11) is 0. The van der Waals surface area contributed by atoms with Crippen molar-refractivity contribution in [2.24, 2.45) is 11.7 Å². The van der Waals surface area contributed by atoms with Crippen LogP contribution in [0.25, 0.3) is 0 Å². The number of carbonyl (C=O) groups is 2. The Hall–Kier alpha value is -1.36.